The molecule has 2 aliphatic heterocycles. The number of hydrogen-bond acceptors (Lipinski definition) is 5. The van der Waals surface area contributed by atoms with Crippen molar-refractivity contribution in [3.63, 3.8) is 0 Å². The fourth-order valence-electron chi connectivity index (χ4n) is 2.56. The largest absolute Gasteiger partial charge is 0.457 e. The Hall–Kier alpha value is -2.70. The van der Waals surface area contributed by atoms with E-state index in [0.717, 1.165) is 0 Å². The van der Waals surface area contributed by atoms with Gasteiger partial charge < -0.3 is 24.0 Å². The Morgan fingerprint density at radius 3 is 2.24 bits per heavy atom. The van der Waals surface area contributed by atoms with Crippen LogP contribution >= 0.6 is 0 Å². The van der Waals surface area contributed by atoms with Crippen LogP contribution in [0.1, 0.15) is 20.8 Å². The molecule has 1 aromatic rings. The summed E-state index contributed by atoms with van der Waals surface area (Å²) in [6, 6.07) is 7.16. The molecule has 25 heavy (non-hydrogen) atoms. The highest BCUT2D eigenvalue weighted by atomic mass is 16.6. The second-order valence-corrected chi connectivity index (χ2v) is 6.91. The average molecular weight is 346 g/mol. The van der Waals surface area contributed by atoms with E-state index in [0.29, 0.717) is 37.7 Å². The fourth-order valence-corrected chi connectivity index (χ4v) is 2.56. The van der Waals surface area contributed by atoms with Crippen molar-refractivity contribution >= 4 is 12.0 Å². The summed E-state index contributed by atoms with van der Waals surface area (Å²) in [6.07, 6.45) is 0.968. The molecule has 0 aromatic heterocycles. The topological polar surface area (TPSA) is 68.3 Å². The summed E-state index contributed by atoms with van der Waals surface area (Å²) in [7, 11) is 0. The molecule has 0 spiro atoms. The SMILES string of the molecule is CC(C)(C)OC(=O)N1CCN(C(=O)C2=COc3ccccc3O2)CC1. The van der Waals surface area contributed by atoms with Gasteiger partial charge in [-0.2, -0.15) is 0 Å². The molecule has 7 nitrogen and oxygen atoms in total. The first-order chi connectivity index (χ1) is 11.8. The van der Waals surface area contributed by atoms with Crippen LogP contribution in [0.3, 0.4) is 0 Å². The zero-order chi connectivity index (χ0) is 18.0. The summed E-state index contributed by atoms with van der Waals surface area (Å²) < 4.78 is 16.4. The minimum Gasteiger partial charge on any atom is -0.457 e. The van der Waals surface area contributed by atoms with Crippen molar-refractivity contribution < 1.29 is 23.8 Å². The van der Waals surface area contributed by atoms with Gasteiger partial charge in [0.15, 0.2) is 11.5 Å². The van der Waals surface area contributed by atoms with Crippen molar-refractivity contribution in [1.82, 2.24) is 9.80 Å². The first-order valence-electron chi connectivity index (χ1n) is 8.24. The van der Waals surface area contributed by atoms with Crippen LogP contribution in [0.15, 0.2) is 36.3 Å². The Bertz CT molecular complexity index is 700. The standard InChI is InChI=1S/C18H22N2O5/c1-18(2,3)25-17(22)20-10-8-19(9-11-20)16(21)15-12-23-13-6-4-5-7-14(13)24-15/h4-7,12H,8-11H2,1-3H3. The Kier molecular flexibility index (Phi) is 4.57. The number of amides is 2. The molecule has 2 amide bonds. The Labute approximate surface area is 146 Å². The van der Waals surface area contributed by atoms with Crippen LogP contribution in [0.2, 0.25) is 0 Å². The summed E-state index contributed by atoms with van der Waals surface area (Å²) >= 11 is 0. The van der Waals surface area contributed by atoms with Gasteiger partial charge in [0.2, 0.25) is 5.76 Å². The third kappa shape index (κ3) is 4.04. The van der Waals surface area contributed by atoms with E-state index in [-0.39, 0.29) is 17.8 Å². The van der Waals surface area contributed by atoms with E-state index in [9.17, 15) is 9.59 Å². The minimum absolute atomic E-state index is 0.143. The maximum absolute atomic E-state index is 12.6. The number of benzene rings is 1. The third-order valence-corrected chi connectivity index (χ3v) is 3.79. The quantitative estimate of drug-likeness (QED) is 0.781. The number of nitrogens with zero attached hydrogens (tertiary/aromatic N) is 2. The smallest absolute Gasteiger partial charge is 0.410 e. The van der Waals surface area contributed by atoms with Crippen molar-refractivity contribution in [2.45, 2.75) is 26.4 Å². The second-order valence-electron chi connectivity index (χ2n) is 6.91. The van der Waals surface area contributed by atoms with Crippen LogP contribution < -0.4 is 9.47 Å². The molecule has 0 unspecified atom stereocenters. The molecule has 0 saturated carbocycles. The summed E-state index contributed by atoms with van der Waals surface area (Å²) in [4.78, 5) is 27.9. The van der Waals surface area contributed by atoms with Crippen LogP contribution in [0.4, 0.5) is 4.79 Å². The van der Waals surface area contributed by atoms with Gasteiger partial charge in [-0.3, -0.25) is 4.79 Å². The van der Waals surface area contributed by atoms with Gasteiger partial charge in [-0.15, -0.1) is 0 Å². The molecule has 7 heteroatoms. The highest BCUT2D eigenvalue weighted by Gasteiger charge is 2.30. The number of rotatable bonds is 1. The maximum Gasteiger partial charge on any atom is 0.410 e. The maximum atomic E-state index is 12.6. The van der Waals surface area contributed by atoms with E-state index in [4.69, 9.17) is 14.2 Å². The van der Waals surface area contributed by atoms with Crippen molar-refractivity contribution in [3.05, 3.63) is 36.3 Å². The van der Waals surface area contributed by atoms with Gasteiger partial charge in [0.1, 0.15) is 11.9 Å². The third-order valence-electron chi connectivity index (χ3n) is 3.79. The van der Waals surface area contributed by atoms with E-state index in [2.05, 4.69) is 0 Å². The Morgan fingerprint density at radius 1 is 1.00 bits per heavy atom. The average Bonchev–Trinajstić information content (AvgIpc) is 2.59. The molecular weight excluding hydrogens is 324 g/mol. The molecule has 1 saturated heterocycles. The number of hydrogen-bond donors (Lipinski definition) is 0. The highest BCUT2D eigenvalue weighted by molar-refractivity contribution is 5.92. The number of fused-ring (bicyclic) bond motifs is 1. The lowest BCUT2D eigenvalue weighted by Gasteiger charge is -2.35. The predicted molar refractivity (Wildman–Crippen MR) is 90.2 cm³/mol. The molecule has 2 aliphatic rings. The molecule has 2 heterocycles. The van der Waals surface area contributed by atoms with Gasteiger partial charge in [-0.1, -0.05) is 12.1 Å². The highest BCUT2D eigenvalue weighted by Crippen LogP contribution is 2.32. The summed E-state index contributed by atoms with van der Waals surface area (Å²) in [5.74, 6) is 0.984. The summed E-state index contributed by atoms with van der Waals surface area (Å²) in [5, 5.41) is 0. The van der Waals surface area contributed by atoms with E-state index in [1.165, 1.54) is 6.26 Å². The molecule has 134 valence electrons. The van der Waals surface area contributed by atoms with Gasteiger partial charge in [0.25, 0.3) is 5.91 Å². The molecule has 3 rings (SSSR count). The number of ether oxygens (including phenoxy) is 3. The number of para-hydroxylation sites is 2. The fraction of sp³-hybridized carbons (Fsp3) is 0.444. The zero-order valence-electron chi connectivity index (χ0n) is 14.7. The molecule has 0 bridgehead atoms. The predicted octanol–water partition coefficient (Wildman–Crippen LogP) is 2.38. The van der Waals surface area contributed by atoms with Crippen molar-refractivity contribution in [2.24, 2.45) is 0 Å². The molecule has 0 radical (unpaired) electrons. The molecule has 0 N–H and O–H groups in total. The molecule has 1 aromatic carbocycles. The van der Waals surface area contributed by atoms with Gasteiger partial charge in [-0.05, 0) is 32.9 Å². The van der Waals surface area contributed by atoms with Gasteiger partial charge in [0, 0.05) is 26.2 Å². The summed E-state index contributed by atoms with van der Waals surface area (Å²) in [5.41, 5.74) is -0.532. The first kappa shape index (κ1) is 17.1. The van der Waals surface area contributed by atoms with Crippen LogP contribution in [0.25, 0.3) is 0 Å². The van der Waals surface area contributed by atoms with Crippen molar-refractivity contribution in [1.29, 1.82) is 0 Å². The van der Waals surface area contributed by atoms with Crippen LogP contribution in [0, 0.1) is 0 Å². The van der Waals surface area contributed by atoms with Crippen LogP contribution in [-0.4, -0.2) is 53.6 Å². The van der Waals surface area contributed by atoms with Gasteiger partial charge in [0.05, 0.1) is 0 Å². The Balaban J connectivity index is 1.56. The molecule has 0 aliphatic carbocycles. The zero-order valence-corrected chi connectivity index (χ0v) is 14.7. The van der Waals surface area contributed by atoms with Crippen molar-refractivity contribution in [2.75, 3.05) is 26.2 Å². The van der Waals surface area contributed by atoms with E-state index in [1.807, 2.05) is 32.9 Å². The van der Waals surface area contributed by atoms with Gasteiger partial charge >= 0.3 is 6.09 Å². The number of carbonyl (C=O) groups is 2. The lowest BCUT2D eigenvalue weighted by atomic mass is 10.2. The molecule has 1 fully saturated rings. The van der Waals surface area contributed by atoms with E-state index >= 15 is 0 Å². The second kappa shape index (κ2) is 6.66. The lowest BCUT2D eigenvalue weighted by Crippen LogP contribution is -2.52. The van der Waals surface area contributed by atoms with Crippen LogP contribution in [0.5, 0.6) is 11.5 Å². The molecular formula is C18H22N2O5. The Morgan fingerprint density at radius 2 is 1.60 bits per heavy atom. The summed E-state index contributed by atoms with van der Waals surface area (Å²) in [6.45, 7) is 7.16. The van der Waals surface area contributed by atoms with E-state index in [1.54, 1.807) is 21.9 Å². The van der Waals surface area contributed by atoms with Crippen molar-refractivity contribution in [3.8, 4) is 11.5 Å². The minimum atomic E-state index is -0.532. The van der Waals surface area contributed by atoms with Crippen LogP contribution in [-0.2, 0) is 9.53 Å². The number of piperazine rings is 1. The van der Waals surface area contributed by atoms with E-state index < -0.39 is 5.60 Å². The molecule has 0 atom stereocenters. The van der Waals surface area contributed by atoms with Gasteiger partial charge in [-0.25, -0.2) is 4.79 Å². The first-order valence-corrected chi connectivity index (χ1v) is 8.24. The monoisotopic (exact) mass is 346 g/mol. The lowest BCUT2D eigenvalue weighted by molar-refractivity contribution is -0.131. The normalized spacial score (nSPS) is 17.0. The number of carbonyl (C=O) groups excluding carboxylic acids is 2.